The van der Waals surface area contributed by atoms with Crippen LogP contribution in [0.1, 0.15) is 45.1 Å². The van der Waals surface area contributed by atoms with Gasteiger partial charge in [0.25, 0.3) is 0 Å². The van der Waals surface area contributed by atoms with E-state index in [1.807, 2.05) is 23.1 Å². The van der Waals surface area contributed by atoms with Gasteiger partial charge in [-0.2, -0.15) is 0 Å². The van der Waals surface area contributed by atoms with Crippen LogP contribution in [0.15, 0.2) is 18.2 Å². The number of nitrogens with zero attached hydrogens (tertiary/aromatic N) is 1. The normalized spacial score (nSPS) is 16.8. The van der Waals surface area contributed by atoms with E-state index in [2.05, 4.69) is 13.8 Å². The summed E-state index contributed by atoms with van der Waals surface area (Å²) >= 11 is 6.13. The van der Waals surface area contributed by atoms with E-state index < -0.39 is 0 Å². The van der Waals surface area contributed by atoms with Crippen molar-refractivity contribution in [3.05, 3.63) is 28.8 Å². The number of amides is 1. The van der Waals surface area contributed by atoms with Crippen molar-refractivity contribution in [2.45, 2.75) is 46.0 Å². The van der Waals surface area contributed by atoms with Crippen molar-refractivity contribution < 1.29 is 9.53 Å². The fourth-order valence-corrected chi connectivity index (χ4v) is 3.53. The Balaban J connectivity index is 1.90. The summed E-state index contributed by atoms with van der Waals surface area (Å²) in [4.78, 5) is 14.5. The number of benzene rings is 1. The second kappa shape index (κ2) is 7.36. The van der Waals surface area contributed by atoms with Crippen molar-refractivity contribution in [1.29, 1.82) is 0 Å². The molecule has 0 aromatic heterocycles. The third-order valence-corrected chi connectivity index (χ3v) is 5.43. The molecule has 0 N–H and O–H groups in total. The first-order chi connectivity index (χ1) is 10.5. The monoisotopic (exact) mass is 323 g/mol. The van der Waals surface area contributed by atoms with Crippen molar-refractivity contribution >= 4 is 17.5 Å². The lowest BCUT2D eigenvalue weighted by Gasteiger charge is -2.26. The summed E-state index contributed by atoms with van der Waals surface area (Å²) in [5, 5.41) is 0.601. The van der Waals surface area contributed by atoms with E-state index in [-0.39, 0.29) is 5.91 Å². The minimum atomic E-state index is 0.260. The predicted octanol–water partition coefficient (Wildman–Crippen LogP) is 4.32. The second-order valence-corrected chi connectivity index (χ2v) is 6.65. The quantitative estimate of drug-likeness (QED) is 0.780. The van der Waals surface area contributed by atoms with Gasteiger partial charge in [-0.3, -0.25) is 4.79 Å². The summed E-state index contributed by atoms with van der Waals surface area (Å²) in [6, 6.07) is 5.72. The number of aryl methyl sites for hydroxylation is 1. The molecule has 1 aromatic carbocycles. The van der Waals surface area contributed by atoms with Gasteiger partial charge >= 0.3 is 0 Å². The molecule has 1 aromatic rings. The van der Waals surface area contributed by atoms with Gasteiger partial charge in [-0.15, -0.1) is 0 Å². The molecule has 1 aliphatic rings. The van der Waals surface area contributed by atoms with Crippen LogP contribution in [0.2, 0.25) is 5.02 Å². The van der Waals surface area contributed by atoms with Crippen LogP contribution < -0.4 is 4.74 Å². The average Bonchev–Trinajstić information content (AvgIpc) is 2.98. The molecule has 0 unspecified atom stereocenters. The van der Waals surface area contributed by atoms with Crippen LogP contribution in [-0.4, -0.2) is 31.0 Å². The maximum Gasteiger partial charge on any atom is 0.222 e. The number of methoxy groups -OCH3 is 1. The topological polar surface area (TPSA) is 29.5 Å². The van der Waals surface area contributed by atoms with Crippen molar-refractivity contribution in [3.63, 3.8) is 0 Å². The van der Waals surface area contributed by atoms with Crippen LogP contribution in [0.4, 0.5) is 0 Å². The molecular weight excluding hydrogens is 298 g/mol. The largest absolute Gasteiger partial charge is 0.495 e. The fourth-order valence-electron chi connectivity index (χ4n) is 3.25. The lowest BCUT2D eigenvalue weighted by Crippen LogP contribution is -2.31. The van der Waals surface area contributed by atoms with Gasteiger partial charge in [-0.05, 0) is 48.8 Å². The highest BCUT2D eigenvalue weighted by molar-refractivity contribution is 6.32. The molecule has 1 saturated heterocycles. The summed E-state index contributed by atoms with van der Waals surface area (Å²) < 4.78 is 5.15. The molecule has 0 aliphatic carbocycles. The molecule has 1 heterocycles. The highest BCUT2D eigenvalue weighted by Crippen LogP contribution is 2.37. The molecule has 3 nitrogen and oxygen atoms in total. The maximum atomic E-state index is 12.4. The second-order valence-electron chi connectivity index (χ2n) is 6.24. The highest BCUT2D eigenvalue weighted by Gasteiger charge is 2.36. The SMILES string of the molecule is CCC1(CC)CCN(C(=O)CCc2ccc(OC)c(Cl)c2)C1. The molecule has 4 heteroatoms. The van der Waals surface area contributed by atoms with Crippen LogP contribution >= 0.6 is 11.6 Å². The molecule has 2 rings (SSSR count). The molecule has 0 bridgehead atoms. The number of hydrogen-bond acceptors (Lipinski definition) is 2. The van der Waals surface area contributed by atoms with Crippen LogP contribution in [-0.2, 0) is 11.2 Å². The third-order valence-electron chi connectivity index (χ3n) is 5.13. The predicted molar refractivity (Wildman–Crippen MR) is 90.5 cm³/mol. The summed E-state index contributed by atoms with van der Waals surface area (Å²) in [6.07, 6.45) is 4.72. The molecular formula is C18H26ClNO2. The van der Waals surface area contributed by atoms with Crippen molar-refractivity contribution in [2.75, 3.05) is 20.2 Å². The number of carbonyl (C=O) groups excluding carboxylic acids is 1. The first-order valence-corrected chi connectivity index (χ1v) is 8.51. The van der Waals surface area contributed by atoms with Crippen molar-refractivity contribution in [1.82, 2.24) is 4.90 Å². The lowest BCUT2D eigenvalue weighted by molar-refractivity contribution is -0.130. The van der Waals surface area contributed by atoms with Gasteiger partial charge in [0.15, 0.2) is 0 Å². The van der Waals surface area contributed by atoms with E-state index in [0.29, 0.717) is 22.6 Å². The Morgan fingerprint density at radius 1 is 1.36 bits per heavy atom. The number of halogens is 1. The number of carbonyl (C=O) groups is 1. The van der Waals surface area contributed by atoms with Crippen LogP contribution in [0.25, 0.3) is 0 Å². The van der Waals surface area contributed by atoms with E-state index in [1.165, 1.54) is 0 Å². The highest BCUT2D eigenvalue weighted by atomic mass is 35.5. The molecule has 1 aliphatic heterocycles. The number of hydrogen-bond donors (Lipinski definition) is 0. The fraction of sp³-hybridized carbons (Fsp3) is 0.611. The molecule has 1 amide bonds. The molecule has 0 saturated carbocycles. The van der Waals surface area contributed by atoms with Crippen molar-refractivity contribution in [2.24, 2.45) is 5.41 Å². The van der Waals surface area contributed by atoms with Crippen LogP contribution in [0, 0.1) is 5.41 Å². The van der Waals surface area contributed by atoms with E-state index in [1.54, 1.807) is 7.11 Å². The lowest BCUT2D eigenvalue weighted by atomic mass is 9.82. The van der Waals surface area contributed by atoms with E-state index in [9.17, 15) is 4.79 Å². The minimum absolute atomic E-state index is 0.260. The van der Waals surface area contributed by atoms with Crippen molar-refractivity contribution in [3.8, 4) is 5.75 Å². The summed E-state index contributed by atoms with van der Waals surface area (Å²) in [7, 11) is 1.60. The van der Waals surface area contributed by atoms with Gasteiger partial charge in [0.1, 0.15) is 5.75 Å². The van der Waals surface area contributed by atoms with E-state index in [0.717, 1.165) is 44.3 Å². The van der Waals surface area contributed by atoms with Crippen LogP contribution in [0.3, 0.4) is 0 Å². The Kier molecular flexibility index (Phi) is 5.74. The van der Waals surface area contributed by atoms with Gasteiger partial charge in [-0.1, -0.05) is 31.5 Å². The first-order valence-electron chi connectivity index (χ1n) is 8.14. The van der Waals surface area contributed by atoms with Gasteiger partial charge in [0.2, 0.25) is 5.91 Å². The Bertz CT molecular complexity index is 526. The Hall–Kier alpha value is -1.22. The average molecular weight is 324 g/mol. The molecule has 122 valence electrons. The van der Waals surface area contributed by atoms with Gasteiger partial charge in [-0.25, -0.2) is 0 Å². The zero-order valence-electron chi connectivity index (χ0n) is 13.8. The van der Waals surface area contributed by atoms with E-state index in [4.69, 9.17) is 16.3 Å². The maximum absolute atomic E-state index is 12.4. The van der Waals surface area contributed by atoms with Crippen LogP contribution in [0.5, 0.6) is 5.75 Å². The van der Waals surface area contributed by atoms with Gasteiger partial charge < -0.3 is 9.64 Å². The Morgan fingerprint density at radius 2 is 2.09 bits per heavy atom. The number of likely N-dealkylation sites (tertiary alicyclic amines) is 1. The number of ether oxygens (including phenoxy) is 1. The summed E-state index contributed by atoms with van der Waals surface area (Å²) in [5.41, 5.74) is 1.43. The summed E-state index contributed by atoms with van der Waals surface area (Å²) in [5.74, 6) is 0.933. The van der Waals surface area contributed by atoms with Gasteiger partial charge in [0.05, 0.1) is 12.1 Å². The molecule has 0 radical (unpaired) electrons. The number of rotatable bonds is 6. The zero-order valence-corrected chi connectivity index (χ0v) is 14.6. The zero-order chi connectivity index (χ0) is 16.2. The van der Waals surface area contributed by atoms with Gasteiger partial charge in [0, 0.05) is 19.5 Å². The molecule has 0 atom stereocenters. The molecule has 1 fully saturated rings. The standard InChI is InChI=1S/C18H26ClNO2/c1-4-18(5-2)10-11-20(13-18)17(21)9-7-14-6-8-16(22-3)15(19)12-14/h6,8,12H,4-5,7,9-11,13H2,1-3H3. The molecule has 0 spiro atoms. The Labute approximate surface area is 138 Å². The van der Waals surface area contributed by atoms with E-state index >= 15 is 0 Å². The first kappa shape index (κ1) is 17.1. The third kappa shape index (κ3) is 3.75. The molecule has 22 heavy (non-hydrogen) atoms. The minimum Gasteiger partial charge on any atom is -0.495 e. The smallest absolute Gasteiger partial charge is 0.222 e. The summed E-state index contributed by atoms with van der Waals surface area (Å²) in [6.45, 7) is 6.29. The Morgan fingerprint density at radius 3 is 2.64 bits per heavy atom.